The number of hydrogen-bond acceptors (Lipinski definition) is 6. The highest BCUT2D eigenvalue weighted by Crippen LogP contribution is 2.34. The van der Waals surface area contributed by atoms with E-state index in [-0.39, 0.29) is 0 Å². The molecule has 0 atom stereocenters. The predicted octanol–water partition coefficient (Wildman–Crippen LogP) is 5.17. The Kier molecular flexibility index (Phi) is 5.66. The van der Waals surface area contributed by atoms with Crippen molar-refractivity contribution in [2.75, 3.05) is 26.1 Å². The van der Waals surface area contributed by atoms with Gasteiger partial charge in [-0.3, -0.25) is 0 Å². The van der Waals surface area contributed by atoms with Crippen molar-refractivity contribution in [3.63, 3.8) is 0 Å². The number of nitrogens with zero attached hydrogens (tertiary/aromatic N) is 3. The van der Waals surface area contributed by atoms with Crippen LogP contribution in [0.5, 0.6) is 17.2 Å². The van der Waals surface area contributed by atoms with Crippen molar-refractivity contribution in [1.82, 2.24) is 14.6 Å². The first kappa shape index (κ1) is 20.5. The molecule has 0 aliphatic rings. The van der Waals surface area contributed by atoms with Crippen LogP contribution < -0.4 is 19.5 Å². The van der Waals surface area contributed by atoms with E-state index in [9.17, 15) is 0 Å². The van der Waals surface area contributed by atoms with Crippen LogP contribution in [0.3, 0.4) is 0 Å². The molecule has 4 aromatic rings. The van der Waals surface area contributed by atoms with Crippen LogP contribution in [0.4, 0.5) is 11.5 Å². The van der Waals surface area contributed by atoms with Crippen LogP contribution in [0.15, 0.2) is 48.5 Å². The largest absolute Gasteiger partial charge is 0.494 e. The van der Waals surface area contributed by atoms with E-state index >= 15 is 0 Å². The molecule has 2 aromatic heterocycles. The molecule has 0 saturated heterocycles. The quantitative estimate of drug-likeness (QED) is 0.446. The first-order valence-corrected chi connectivity index (χ1v) is 10.1. The summed E-state index contributed by atoms with van der Waals surface area (Å²) in [6.45, 7) is 6.62. The zero-order valence-corrected chi connectivity index (χ0v) is 18.4. The Morgan fingerprint density at radius 2 is 1.68 bits per heavy atom. The Labute approximate surface area is 181 Å². The van der Waals surface area contributed by atoms with Gasteiger partial charge in [0.2, 0.25) is 0 Å². The molecule has 7 nitrogen and oxygen atoms in total. The second kappa shape index (κ2) is 8.55. The molecule has 2 aromatic carbocycles. The highest BCUT2D eigenvalue weighted by molar-refractivity contribution is 5.74. The van der Waals surface area contributed by atoms with Crippen molar-refractivity contribution in [1.29, 1.82) is 0 Å². The Hall–Kier alpha value is -3.74. The topological polar surface area (TPSA) is 69.9 Å². The normalized spacial score (nSPS) is 10.9. The van der Waals surface area contributed by atoms with Gasteiger partial charge < -0.3 is 19.5 Å². The maximum absolute atomic E-state index is 5.53. The molecule has 0 fully saturated rings. The van der Waals surface area contributed by atoms with Crippen LogP contribution in [-0.4, -0.2) is 35.4 Å². The Morgan fingerprint density at radius 1 is 0.935 bits per heavy atom. The smallest absolute Gasteiger partial charge is 0.161 e. The number of ether oxygens (including phenoxy) is 3. The highest BCUT2D eigenvalue weighted by Gasteiger charge is 2.17. The first-order valence-electron chi connectivity index (χ1n) is 10.1. The van der Waals surface area contributed by atoms with E-state index in [1.807, 2.05) is 73.8 Å². The van der Waals surface area contributed by atoms with Gasteiger partial charge in [-0.1, -0.05) is 0 Å². The molecule has 0 spiro atoms. The number of aryl methyl sites for hydroxylation is 2. The fourth-order valence-electron chi connectivity index (χ4n) is 3.54. The van der Waals surface area contributed by atoms with Gasteiger partial charge in [-0.15, -0.1) is 0 Å². The number of nitrogens with one attached hydrogen (secondary N) is 1. The summed E-state index contributed by atoms with van der Waals surface area (Å²) in [6, 6.07) is 15.6. The molecule has 7 heteroatoms. The van der Waals surface area contributed by atoms with Crippen LogP contribution >= 0.6 is 0 Å². The number of hydrogen-bond donors (Lipinski definition) is 1. The van der Waals surface area contributed by atoms with Crippen LogP contribution in [0, 0.1) is 13.8 Å². The molecule has 0 saturated carbocycles. The summed E-state index contributed by atoms with van der Waals surface area (Å²) in [5.41, 5.74) is 5.42. The van der Waals surface area contributed by atoms with Gasteiger partial charge >= 0.3 is 0 Å². The van der Waals surface area contributed by atoms with Crippen LogP contribution in [-0.2, 0) is 0 Å². The molecule has 0 radical (unpaired) electrons. The first-order chi connectivity index (χ1) is 15.0. The van der Waals surface area contributed by atoms with Gasteiger partial charge in [0.1, 0.15) is 11.6 Å². The summed E-state index contributed by atoms with van der Waals surface area (Å²) in [4.78, 5) is 4.72. The summed E-state index contributed by atoms with van der Waals surface area (Å²) in [6.07, 6.45) is 0. The number of anilines is 2. The molecule has 4 rings (SSSR count). The van der Waals surface area contributed by atoms with Gasteiger partial charge in [0.25, 0.3) is 0 Å². The monoisotopic (exact) mass is 418 g/mol. The summed E-state index contributed by atoms with van der Waals surface area (Å²) in [7, 11) is 3.25. The average Bonchev–Trinajstić information content (AvgIpc) is 3.11. The van der Waals surface area contributed by atoms with Crippen molar-refractivity contribution >= 4 is 17.2 Å². The molecule has 0 aliphatic heterocycles. The van der Waals surface area contributed by atoms with E-state index in [2.05, 4.69) is 5.32 Å². The maximum atomic E-state index is 5.53. The molecule has 2 heterocycles. The zero-order chi connectivity index (χ0) is 22.0. The predicted molar refractivity (Wildman–Crippen MR) is 122 cm³/mol. The van der Waals surface area contributed by atoms with Gasteiger partial charge in [0.15, 0.2) is 17.1 Å². The number of fused-ring (bicyclic) bond motifs is 1. The minimum atomic E-state index is 0.641. The molecule has 31 heavy (non-hydrogen) atoms. The number of methoxy groups -OCH3 is 2. The third-order valence-corrected chi connectivity index (χ3v) is 5.04. The fraction of sp³-hybridized carbons (Fsp3) is 0.250. The summed E-state index contributed by atoms with van der Waals surface area (Å²) < 4.78 is 18.2. The molecule has 0 bridgehead atoms. The molecular formula is C24H26N4O3. The second-order valence-electron chi connectivity index (χ2n) is 7.14. The minimum Gasteiger partial charge on any atom is -0.494 e. The average molecular weight is 418 g/mol. The van der Waals surface area contributed by atoms with Crippen molar-refractivity contribution in [3.8, 4) is 28.5 Å². The Morgan fingerprint density at radius 3 is 2.35 bits per heavy atom. The summed E-state index contributed by atoms with van der Waals surface area (Å²) in [5.74, 6) is 3.02. The van der Waals surface area contributed by atoms with Crippen molar-refractivity contribution in [2.24, 2.45) is 0 Å². The SMILES string of the molecule is CCOc1ccc(Nc2cc(C)nc3c(C)c(-c4ccc(OC)c(OC)c4)nn23)cc1. The zero-order valence-electron chi connectivity index (χ0n) is 18.4. The van der Waals surface area contributed by atoms with Crippen LogP contribution in [0.1, 0.15) is 18.2 Å². The number of aromatic nitrogens is 3. The molecule has 160 valence electrons. The highest BCUT2D eigenvalue weighted by atomic mass is 16.5. The van der Waals surface area contributed by atoms with Gasteiger partial charge in [0.05, 0.1) is 26.5 Å². The van der Waals surface area contributed by atoms with Gasteiger partial charge in [-0.2, -0.15) is 9.61 Å². The Bertz CT molecular complexity index is 1220. The third kappa shape index (κ3) is 3.99. The lowest BCUT2D eigenvalue weighted by Gasteiger charge is -2.10. The molecule has 0 aliphatic carbocycles. The van der Waals surface area contributed by atoms with E-state index in [0.29, 0.717) is 18.1 Å². The standard InChI is InChI=1S/C24H26N4O3/c1-6-31-19-10-8-18(9-11-19)26-22-13-15(2)25-24-16(3)23(27-28(22)24)17-7-12-20(29-4)21(14-17)30-5/h7-14,26H,6H2,1-5H3. The molecular weight excluding hydrogens is 392 g/mol. The van der Waals surface area contributed by atoms with Gasteiger partial charge in [0, 0.05) is 28.6 Å². The van der Waals surface area contributed by atoms with E-state index < -0.39 is 0 Å². The molecule has 0 unspecified atom stereocenters. The van der Waals surface area contributed by atoms with Crippen molar-refractivity contribution in [2.45, 2.75) is 20.8 Å². The van der Waals surface area contributed by atoms with Crippen molar-refractivity contribution < 1.29 is 14.2 Å². The van der Waals surface area contributed by atoms with E-state index in [1.54, 1.807) is 14.2 Å². The van der Waals surface area contributed by atoms with Crippen LogP contribution in [0.25, 0.3) is 16.9 Å². The maximum Gasteiger partial charge on any atom is 0.161 e. The number of rotatable bonds is 7. The molecule has 1 N–H and O–H groups in total. The molecule has 0 amide bonds. The summed E-state index contributed by atoms with van der Waals surface area (Å²) in [5, 5.41) is 8.32. The van der Waals surface area contributed by atoms with Crippen molar-refractivity contribution in [3.05, 3.63) is 59.8 Å². The van der Waals surface area contributed by atoms with E-state index in [1.165, 1.54) is 0 Å². The fourth-order valence-corrected chi connectivity index (χ4v) is 3.54. The Balaban J connectivity index is 1.77. The third-order valence-electron chi connectivity index (χ3n) is 5.04. The van der Waals surface area contributed by atoms with Gasteiger partial charge in [-0.25, -0.2) is 4.98 Å². The van der Waals surface area contributed by atoms with Gasteiger partial charge in [-0.05, 0) is 63.2 Å². The lowest BCUT2D eigenvalue weighted by molar-refractivity contribution is 0.340. The number of benzene rings is 2. The summed E-state index contributed by atoms with van der Waals surface area (Å²) >= 11 is 0. The lowest BCUT2D eigenvalue weighted by Crippen LogP contribution is -2.02. The van der Waals surface area contributed by atoms with E-state index in [4.69, 9.17) is 24.3 Å². The second-order valence-corrected chi connectivity index (χ2v) is 7.14. The van der Waals surface area contributed by atoms with Crippen LogP contribution in [0.2, 0.25) is 0 Å². The minimum absolute atomic E-state index is 0.641. The van der Waals surface area contributed by atoms with E-state index in [0.717, 1.165) is 45.4 Å². The lowest BCUT2D eigenvalue weighted by atomic mass is 10.1.